The van der Waals surface area contributed by atoms with Crippen molar-refractivity contribution in [1.29, 1.82) is 0 Å². The van der Waals surface area contributed by atoms with Gasteiger partial charge in [0, 0.05) is 23.5 Å². The molecule has 20 heavy (non-hydrogen) atoms. The van der Waals surface area contributed by atoms with Crippen LogP contribution >= 0.6 is 0 Å². The second-order valence-electron chi connectivity index (χ2n) is 4.30. The van der Waals surface area contributed by atoms with Crippen LogP contribution in [-0.2, 0) is 13.2 Å². The molecule has 2 N–H and O–H groups in total. The van der Waals surface area contributed by atoms with Crippen LogP contribution in [0, 0.1) is 0 Å². The maximum atomic E-state index is 12.1. The molecule has 6 heteroatoms. The van der Waals surface area contributed by atoms with E-state index in [9.17, 15) is 9.59 Å². The van der Waals surface area contributed by atoms with E-state index in [0.29, 0.717) is 11.3 Å². The largest absolute Gasteiger partial charge is 0.437 e. The molecule has 2 aromatic rings. The summed E-state index contributed by atoms with van der Waals surface area (Å²) in [6.07, 6.45) is 1.51. The number of aliphatic hydroxyl groups excluding tert-OH is 1. The van der Waals surface area contributed by atoms with Crippen molar-refractivity contribution < 1.29 is 9.90 Å². The molecule has 2 rings (SSSR count). The van der Waals surface area contributed by atoms with E-state index in [2.05, 4.69) is 5.23 Å². The van der Waals surface area contributed by atoms with Crippen molar-refractivity contribution in [3.8, 4) is 0 Å². The topological polar surface area (TPSA) is 71.3 Å². The Labute approximate surface area is 117 Å². The van der Waals surface area contributed by atoms with Crippen LogP contribution in [0.5, 0.6) is 0 Å². The first-order valence-corrected chi connectivity index (χ1v) is 6.04. The van der Waals surface area contributed by atoms with Crippen LogP contribution in [0.2, 0.25) is 0 Å². The molecule has 0 aliphatic heterocycles. The van der Waals surface area contributed by atoms with Gasteiger partial charge in [-0.2, -0.15) is 0 Å². The van der Waals surface area contributed by atoms with Crippen molar-refractivity contribution in [3.05, 3.63) is 64.1 Å². The number of aliphatic hydroxyl groups is 1. The molecule has 100 valence electrons. The minimum Gasteiger partial charge on any atom is -0.437 e. The van der Waals surface area contributed by atoms with Gasteiger partial charge < -0.3 is 14.9 Å². The van der Waals surface area contributed by atoms with Gasteiger partial charge >= 0.3 is 0 Å². The number of anilines is 1. The molecule has 1 aromatic carbocycles. The third kappa shape index (κ3) is 3.16. The lowest BCUT2D eigenvalue weighted by atomic mass is 10.1. The van der Waals surface area contributed by atoms with Crippen LogP contribution < -0.4 is 10.8 Å². The number of hydrogen-bond acceptors (Lipinski definition) is 4. The molecule has 0 aliphatic carbocycles. The van der Waals surface area contributed by atoms with Crippen LogP contribution in [0.25, 0.3) is 0 Å². The second kappa shape index (κ2) is 6.21. The number of hydrogen-bond donors (Lipinski definition) is 2. The van der Waals surface area contributed by atoms with Gasteiger partial charge in [-0.1, -0.05) is 24.3 Å². The van der Waals surface area contributed by atoms with E-state index in [1.54, 1.807) is 30.3 Å². The third-order valence-electron chi connectivity index (χ3n) is 2.94. The average molecular weight is 268 g/mol. The Morgan fingerprint density at radius 1 is 1.25 bits per heavy atom. The van der Waals surface area contributed by atoms with E-state index in [4.69, 9.17) is 13.1 Å². The van der Waals surface area contributed by atoms with Crippen LogP contribution in [0.15, 0.2) is 47.4 Å². The van der Waals surface area contributed by atoms with Gasteiger partial charge in [0.25, 0.3) is 5.56 Å². The van der Waals surface area contributed by atoms with E-state index in [-0.39, 0.29) is 24.5 Å². The van der Waals surface area contributed by atoms with Crippen molar-refractivity contribution in [2.45, 2.75) is 13.2 Å². The van der Waals surface area contributed by atoms with E-state index < -0.39 is 0 Å². The zero-order chi connectivity index (χ0) is 14.5. The Balaban J connectivity index is 2.16. The van der Waals surface area contributed by atoms with Crippen LogP contribution in [-0.4, -0.2) is 23.4 Å². The van der Waals surface area contributed by atoms with E-state index in [0.717, 1.165) is 5.56 Å². The molecular weight excluding hydrogens is 255 g/mol. The lowest BCUT2D eigenvalue weighted by Crippen LogP contribution is -2.23. The van der Waals surface area contributed by atoms with Gasteiger partial charge in [-0.25, -0.2) is 0 Å². The average Bonchev–Trinajstić information content (AvgIpc) is 2.49. The molecule has 0 aliphatic rings. The third-order valence-corrected chi connectivity index (χ3v) is 2.94. The SMILES string of the molecule is [B]Nc1ccn(CC(=O)c2ccc(CO)cc2)c(=O)c1. The summed E-state index contributed by atoms with van der Waals surface area (Å²) in [5.74, 6) is -0.176. The molecule has 5 nitrogen and oxygen atoms in total. The molecule has 0 fully saturated rings. The van der Waals surface area contributed by atoms with Gasteiger partial charge in [0.2, 0.25) is 7.98 Å². The molecular formula is C14H13BN2O3. The Morgan fingerprint density at radius 2 is 1.95 bits per heavy atom. The molecule has 0 saturated heterocycles. The second-order valence-corrected chi connectivity index (χ2v) is 4.30. The highest BCUT2D eigenvalue weighted by molar-refractivity contribution is 6.15. The minimum atomic E-state index is -0.305. The normalized spacial score (nSPS) is 10.2. The number of carbonyl (C=O) groups excluding carboxylic acids is 1. The van der Waals surface area contributed by atoms with Gasteiger partial charge in [-0.15, -0.1) is 0 Å². The van der Waals surface area contributed by atoms with Crippen molar-refractivity contribution in [1.82, 2.24) is 4.57 Å². The summed E-state index contributed by atoms with van der Waals surface area (Å²) in [6.45, 7) is -0.108. The molecule has 1 heterocycles. The first-order chi connectivity index (χ1) is 9.63. The van der Waals surface area contributed by atoms with Gasteiger partial charge in [0.1, 0.15) is 0 Å². The number of rotatable bonds is 5. The predicted molar refractivity (Wildman–Crippen MR) is 76.8 cm³/mol. The zero-order valence-electron chi connectivity index (χ0n) is 10.7. The fraction of sp³-hybridized carbons (Fsp3) is 0.143. The Morgan fingerprint density at radius 3 is 2.50 bits per heavy atom. The molecule has 2 radical (unpaired) electrons. The van der Waals surface area contributed by atoms with E-state index in [1.807, 2.05) is 0 Å². The summed E-state index contributed by atoms with van der Waals surface area (Å²) >= 11 is 0. The number of pyridine rings is 1. The zero-order valence-corrected chi connectivity index (χ0v) is 10.7. The number of nitrogens with one attached hydrogen (secondary N) is 1. The fourth-order valence-electron chi connectivity index (χ4n) is 1.77. The van der Waals surface area contributed by atoms with Gasteiger partial charge in [0.05, 0.1) is 13.2 Å². The molecule has 0 atom stereocenters. The molecule has 0 bridgehead atoms. The quantitative estimate of drug-likeness (QED) is 0.619. The first kappa shape index (κ1) is 14.1. The lowest BCUT2D eigenvalue weighted by Gasteiger charge is -2.07. The maximum Gasteiger partial charge on any atom is 0.252 e. The first-order valence-electron chi connectivity index (χ1n) is 6.04. The molecule has 0 spiro atoms. The van der Waals surface area contributed by atoms with Gasteiger partial charge in [0.15, 0.2) is 5.78 Å². The molecule has 0 saturated carbocycles. The number of ketones is 1. The fourth-order valence-corrected chi connectivity index (χ4v) is 1.77. The monoisotopic (exact) mass is 268 g/mol. The van der Waals surface area contributed by atoms with Gasteiger partial charge in [-0.3, -0.25) is 9.59 Å². The van der Waals surface area contributed by atoms with Crippen molar-refractivity contribution in [3.63, 3.8) is 0 Å². The predicted octanol–water partition coefficient (Wildman–Crippen LogP) is 0.719. The maximum absolute atomic E-state index is 12.1. The number of Topliss-reactive ketones (excluding diaryl/α,β-unsaturated/α-hetero) is 1. The van der Waals surface area contributed by atoms with Crippen molar-refractivity contribution >= 4 is 19.5 Å². The highest BCUT2D eigenvalue weighted by Crippen LogP contribution is 2.07. The Bertz CT molecular complexity index is 665. The van der Waals surface area contributed by atoms with Crippen LogP contribution in [0.4, 0.5) is 5.69 Å². The Hall–Kier alpha value is -2.34. The summed E-state index contributed by atoms with van der Waals surface area (Å²) < 4.78 is 1.31. The smallest absolute Gasteiger partial charge is 0.252 e. The molecule has 0 amide bonds. The highest BCUT2D eigenvalue weighted by atomic mass is 16.3. The van der Waals surface area contributed by atoms with E-state index in [1.165, 1.54) is 16.8 Å². The minimum absolute atomic E-state index is 0.0395. The van der Waals surface area contributed by atoms with Crippen LogP contribution in [0.3, 0.4) is 0 Å². The molecule has 1 aromatic heterocycles. The number of carbonyl (C=O) groups is 1. The van der Waals surface area contributed by atoms with Crippen molar-refractivity contribution in [2.24, 2.45) is 0 Å². The number of nitrogens with zero attached hydrogens (tertiary/aromatic N) is 1. The van der Waals surface area contributed by atoms with Crippen LogP contribution in [0.1, 0.15) is 15.9 Å². The summed E-state index contributed by atoms with van der Waals surface area (Å²) in [6, 6.07) is 9.56. The highest BCUT2D eigenvalue weighted by Gasteiger charge is 2.08. The summed E-state index contributed by atoms with van der Waals surface area (Å²) in [4.78, 5) is 23.8. The van der Waals surface area contributed by atoms with Gasteiger partial charge in [-0.05, 0) is 11.6 Å². The number of benzene rings is 1. The lowest BCUT2D eigenvalue weighted by molar-refractivity contribution is 0.0971. The molecule has 0 unspecified atom stereocenters. The standard InChI is InChI=1S/C14H13BN2O3/c15-16-12-5-6-17(14(20)7-12)8-13(19)11-3-1-10(9-18)2-4-11/h1-7,16,18H,8-9H2. The summed E-state index contributed by atoms with van der Waals surface area (Å²) in [5, 5.41) is 11.3. The Kier molecular flexibility index (Phi) is 4.37. The van der Waals surface area contributed by atoms with Crippen molar-refractivity contribution in [2.75, 3.05) is 5.23 Å². The number of aromatic nitrogens is 1. The van der Waals surface area contributed by atoms with E-state index >= 15 is 0 Å². The summed E-state index contributed by atoms with van der Waals surface area (Å²) in [5.41, 5.74) is 1.42. The summed E-state index contributed by atoms with van der Waals surface area (Å²) in [7, 11) is 5.20.